The molecule has 0 unspecified atom stereocenters. The Balaban J connectivity index is 1.99. The number of nitrogens with two attached hydrogens (primary N) is 1. The van der Waals surface area contributed by atoms with Gasteiger partial charge in [0, 0.05) is 31.3 Å². The Kier molecular flexibility index (Phi) is 5.76. The number of amides is 1. The van der Waals surface area contributed by atoms with E-state index in [4.69, 9.17) is 10.5 Å². The third kappa shape index (κ3) is 3.98. The lowest BCUT2D eigenvalue weighted by Gasteiger charge is -2.31. The molecule has 0 bridgehead atoms. The Morgan fingerprint density at radius 2 is 1.83 bits per heavy atom. The minimum Gasteiger partial charge on any atom is -0.479 e. The summed E-state index contributed by atoms with van der Waals surface area (Å²) in [5.74, 6) is -6.67. The van der Waals surface area contributed by atoms with Crippen LogP contribution in [0.4, 0.5) is 23.5 Å². The zero-order valence-corrected chi connectivity index (χ0v) is 16.2. The van der Waals surface area contributed by atoms with Gasteiger partial charge in [-0.2, -0.15) is 9.37 Å². The van der Waals surface area contributed by atoms with Gasteiger partial charge in [-0.05, 0) is 6.92 Å². The van der Waals surface area contributed by atoms with Crippen LogP contribution >= 0.6 is 0 Å². The highest BCUT2D eigenvalue weighted by Gasteiger charge is 2.38. The Labute approximate surface area is 168 Å². The number of aromatic nitrogens is 2. The number of ether oxygens (including phenoxy) is 1. The monoisotopic (exact) mass is 426 g/mol. The number of benzene rings is 1. The van der Waals surface area contributed by atoms with Crippen LogP contribution in [0.3, 0.4) is 0 Å². The molecular formula is C18H18F4N6O2. The van der Waals surface area contributed by atoms with Crippen LogP contribution in [0.5, 0.6) is 5.88 Å². The van der Waals surface area contributed by atoms with Gasteiger partial charge in [-0.3, -0.25) is 10.1 Å². The molecule has 0 saturated heterocycles. The topological polar surface area (TPSA) is 106 Å². The molecule has 2 atom stereocenters. The summed E-state index contributed by atoms with van der Waals surface area (Å²) < 4.78 is 60.8. The molecule has 1 aromatic heterocycles. The van der Waals surface area contributed by atoms with Crippen LogP contribution in [-0.4, -0.2) is 42.5 Å². The standard InChI is InChI=1S/C18H18F4N6O2/c1-7-13(22)16(30-3)27-18(24-7)28(2)6-9-14(25-17(23)26-15(9)29)12-10(20)4-8(19)5-11(12)21/h4-5,9,14H,6H2,1-3H3,(H3,23,25,26,29)/t9-,14+/m1/s1. The van der Waals surface area contributed by atoms with Gasteiger partial charge in [0.05, 0.1) is 24.8 Å². The smallest absolute Gasteiger partial charge is 0.255 e. The fraction of sp³-hybridized carbons (Fsp3) is 0.333. The first kappa shape index (κ1) is 21.3. The highest BCUT2D eigenvalue weighted by molar-refractivity contribution is 6.00. The van der Waals surface area contributed by atoms with Crippen LogP contribution < -0.4 is 20.7 Å². The maximum atomic E-state index is 14.4. The lowest BCUT2D eigenvalue weighted by Crippen LogP contribution is -2.50. The highest BCUT2D eigenvalue weighted by atomic mass is 19.1. The van der Waals surface area contributed by atoms with Gasteiger partial charge < -0.3 is 15.4 Å². The summed E-state index contributed by atoms with van der Waals surface area (Å²) in [5.41, 5.74) is 4.97. The average Bonchev–Trinajstić information content (AvgIpc) is 2.65. The summed E-state index contributed by atoms with van der Waals surface area (Å²) in [5, 5.41) is 2.30. The van der Waals surface area contributed by atoms with Crippen LogP contribution in [0.25, 0.3) is 0 Å². The molecule has 0 fully saturated rings. The van der Waals surface area contributed by atoms with E-state index in [0.29, 0.717) is 12.1 Å². The molecule has 2 heterocycles. The second kappa shape index (κ2) is 8.13. The van der Waals surface area contributed by atoms with Crippen molar-refractivity contribution in [2.45, 2.75) is 13.0 Å². The molecule has 1 amide bonds. The summed E-state index contributed by atoms with van der Waals surface area (Å²) >= 11 is 0. The predicted molar refractivity (Wildman–Crippen MR) is 98.9 cm³/mol. The van der Waals surface area contributed by atoms with Crippen LogP contribution in [0.2, 0.25) is 0 Å². The molecule has 1 aliphatic rings. The Morgan fingerprint density at radius 1 is 1.20 bits per heavy atom. The largest absolute Gasteiger partial charge is 0.479 e. The van der Waals surface area contributed by atoms with E-state index >= 15 is 0 Å². The van der Waals surface area contributed by atoms with E-state index in [1.165, 1.54) is 26.0 Å². The maximum Gasteiger partial charge on any atom is 0.255 e. The molecule has 0 saturated carbocycles. The van der Waals surface area contributed by atoms with E-state index in [0.717, 1.165) is 0 Å². The van der Waals surface area contributed by atoms with E-state index in [-0.39, 0.29) is 30.0 Å². The number of hydrogen-bond acceptors (Lipinski definition) is 7. The van der Waals surface area contributed by atoms with Gasteiger partial charge >= 0.3 is 0 Å². The van der Waals surface area contributed by atoms with E-state index < -0.39 is 46.7 Å². The van der Waals surface area contributed by atoms with E-state index in [1.54, 1.807) is 0 Å². The molecular weight excluding hydrogens is 408 g/mol. The normalized spacial score (nSPS) is 18.6. The van der Waals surface area contributed by atoms with E-state index in [2.05, 4.69) is 20.3 Å². The van der Waals surface area contributed by atoms with Gasteiger partial charge in [-0.15, -0.1) is 0 Å². The number of halogens is 4. The van der Waals surface area contributed by atoms with E-state index in [9.17, 15) is 22.4 Å². The predicted octanol–water partition coefficient (Wildman–Crippen LogP) is 1.59. The van der Waals surface area contributed by atoms with Crippen molar-refractivity contribution >= 4 is 17.8 Å². The third-order valence-electron chi connectivity index (χ3n) is 4.57. The lowest BCUT2D eigenvalue weighted by molar-refractivity contribution is -0.124. The Bertz CT molecular complexity index is 1010. The van der Waals surface area contributed by atoms with Crippen molar-refractivity contribution in [2.24, 2.45) is 16.6 Å². The van der Waals surface area contributed by atoms with Crippen LogP contribution in [-0.2, 0) is 4.79 Å². The first-order valence-corrected chi connectivity index (χ1v) is 8.70. The molecule has 1 aliphatic heterocycles. The second-order valence-electron chi connectivity index (χ2n) is 6.65. The molecule has 12 heteroatoms. The number of aliphatic imine (C=N–C) groups is 1. The van der Waals surface area contributed by atoms with Crippen molar-refractivity contribution in [3.8, 4) is 5.88 Å². The summed E-state index contributed by atoms with van der Waals surface area (Å²) in [7, 11) is 2.73. The SMILES string of the molecule is COc1nc(N(C)C[C@H]2C(=O)NC(N)=N[C@@H]2c2c(F)cc(F)cc2F)nc(C)c1F. The molecule has 0 aliphatic carbocycles. The molecule has 8 nitrogen and oxygen atoms in total. The number of guanidine groups is 1. The fourth-order valence-corrected chi connectivity index (χ4v) is 3.12. The van der Waals surface area contributed by atoms with Gasteiger partial charge in [0.15, 0.2) is 5.96 Å². The summed E-state index contributed by atoms with van der Waals surface area (Å²) in [4.78, 5) is 25.8. The number of carbonyl (C=O) groups is 1. The van der Waals surface area contributed by atoms with Crippen molar-refractivity contribution < 1.29 is 27.1 Å². The molecule has 3 rings (SSSR count). The number of anilines is 1. The second-order valence-corrected chi connectivity index (χ2v) is 6.65. The fourth-order valence-electron chi connectivity index (χ4n) is 3.12. The lowest BCUT2D eigenvalue weighted by atomic mass is 9.90. The van der Waals surface area contributed by atoms with Crippen molar-refractivity contribution in [3.63, 3.8) is 0 Å². The van der Waals surface area contributed by atoms with Crippen molar-refractivity contribution in [3.05, 3.63) is 46.7 Å². The summed E-state index contributed by atoms with van der Waals surface area (Å²) in [6.45, 7) is 1.24. The molecule has 2 aromatic rings. The number of carbonyl (C=O) groups excluding carboxylic acids is 1. The molecule has 0 spiro atoms. The van der Waals surface area contributed by atoms with Crippen LogP contribution in [0, 0.1) is 36.1 Å². The van der Waals surface area contributed by atoms with Crippen LogP contribution in [0.15, 0.2) is 17.1 Å². The molecule has 3 N–H and O–H groups in total. The average molecular weight is 426 g/mol. The van der Waals surface area contributed by atoms with Crippen molar-refractivity contribution in [1.29, 1.82) is 0 Å². The van der Waals surface area contributed by atoms with Crippen LogP contribution in [0.1, 0.15) is 17.3 Å². The number of nitrogens with one attached hydrogen (secondary N) is 1. The first-order chi connectivity index (χ1) is 14.1. The first-order valence-electron chi connectivity index (χ1n) is 8.70. The van der Waals surface area contributed by atoms with E-state index in [1.807, 2.05) is 0 Å². The number of nitrogens with zero attached hydrogens (tertiary/aromatic N) is 4. The van der Waals surface area contributed by atoms with Crippen molar-refractivity contribution in [2.75, 3.05) is 25.6 Å². The summed E-state index contributed by atoms with van der Waals surface area (Å²) in [6.07, 6.45) is 0. The van der Waals surface area contributed by atoms with Gasteiger partial charge in [0.2, 0.25) is 17.7 Å². The van der Waals surface area contributed by atoms with Gasteiger partial charge in [0.1, 0.15) is 17.5 Å². The minimum absolute atomic E-state index is 0.00577. The maximum absolute atomic E-state index is 14.4. The molecule has 1 aromatic carbocycles. The Hall–Kier alpha value is -3.44. The minimum atomic E-state index is -1.37. The number of rotatable bonds is 5. The molecule has 0 radical (unpaired) electrons. The number of aryl methyl sites for hydroxylation is 1. The molecule has 160 valence electrons. The van der Waals surface area contributed by atoms with Gasteiger partial charge in [-0.1, -0.05) is 0 Å². The number of methoxy groups -OCH3 is 1. The highest BCUT2D eigenvalue weighted by Crippen LogP contribution is 2.34. The molecule has 30 heavy (non-hydrogen) atoms. The Morgan fingerprint density at radius 3 is 2.43 bits per heavy atom. The number of hydrogen-bond donors (Lipinski definition) is 2. The quantitative estimate of drug-likeness (QED) is 0.704. The van der Waals surface area contributed by atoms with Gasteiger partial charge in [-0.25, -0.2) is 23.1 Å². The summed E-state index contributed by atoms with van der Waals surface area (Å²) in [6, 6.07) is -0.381. The van der Waals surface area contributed by atoms with Gasteiger partial charge in [0.25, 0.3) is 5.88 Å². The van der Waals surface area contributed by atoms with Crippen molar-refractivity contribution in [1.82, 2.24) is 15.3 Å². The third-order valence-corrected chi connectivity index (χ3v) is 4.57. The zero-order valence-electron chi connectivity index (χ0n) is 16.2. The zero-order chi connectivity index (χ0) is 22.2.